The van der Waals surface area contributed by atoms with E-state index in [4.69, 9.17) is 0 Å². The first-order chi connectivity index (χ1) is 14.4. The average Bonchev–Trinajstić information content (AvgIpc) is 2.93. The monoisotopic (exact) mass is 408 g/mol. The van der Waals surface area contributed by atoms with Gasteiger partial charge in [0.2, 0.25) is 5.91 Å². The van der Waals surface area contributed by atoms with E-state index in [-0.39, 0.29) is 12.5 Å². The molecule has 0 aromatic heterocycles. The van der Waals surface area contributed by atoms with E-state index in [9.17, 15) is 24.0 Å². The minimum Gasteiger partial charge on any atom is -0.352 e. The predicted octanol–water partition coefficient (Wildman–Crippen LogP) is 1.37. The van der Waals surface area contributed by atoms with Gasteiger partial charge in [0.25, 0.3) is 5.91 Å². The van der Waals surface area contributed by atoms with E-state index in [2.05, 4.69) is 10.6 Å². The summed E-state index contributed by atoms with van der Waals surface area (Å²) >= 11 is 0. The van der Waals surface area contributed by atoms with Crippen molar-refractivity contribution < 1.29 is 24.0 Å². The van der Waals surface area contributed by atoms with Gasteiger partial charge in [-0.25, -0.2) is 9.69 Å². The topological polar surface area (TPSA) is 116 Å². The van der Waals surface area contributed by atoms with Crippen LogP contribution >= 0.6 is 0 Å². The second-order valence-corrected chi connectivity index (χ2v) is 6.54. The molecule has 0 atom stereocenters. The smallest absolute Gasteiger partial charge is 0.335 e. The molecule has 0 radical (unpaired) electrons. The van der Waals surface area contributed by atoms with Crippen LogP contribution in [0.15, 0.2) is 54.6 Å². The number of imide groups is 2. The second kappa shape index (κ2) is 8.99. The quantitative estimate of drug-likeness (QED) is 0.530. The third kappa shape index (κ3) is 4.52. The molecular formula is C21H20N4O5. The maximum absolute atomic E-state index is 12.5. The van der Waals surface area contributed by atoms with Crippen molar-refractivity contribution in [1.82, 2.24) is 15.1 Å². The molecule has 0 aliphatic carbocycles. The Balaban J connectivity index is 1.66. The number of carbonyl (C=O) groups excluding carboxylic acids is 5. The van der Waals surface area contributed by atoms with Gasteiger partial charge >= 0.3 is 17.8 Å². The first-order valence-electron chi connectivity index (χ1n) is 9.30. The minimum absolute atomic E-state index is 0.0586. The molecule has 2 aromatic carbocycles. The van der Waals surface area contributed by atoms with Crippen molar-refractivity contribution in [1.29, 1.82) is 0 Å². The van der Waals surface area contributed by atoms with Gasteiger partial charge in [-0.2, -0.15) is 0 Å². The van der Waals surface area contributed by atoms with Crippen molar-refractivity contribution in [3.63, 3.8) is 0 Å². The fourth-order valence-electron chi connectivity index (χ4n) is 2.94. The number of benzene rings is 2. The molecule has 1 fully saturated rings. The van der Waals surface area contributed by atoms with Crippen molar-refractivity contribution in [3.05, 3.63) is 65.7 Å². The van der Waals surface area contributed by atoms with Gasteiger partial charge < -0.3 is 10.6 Å². The van der Waals surface area contributed by atoms with Crippen LogP contribution in [0.4, 0.5) is 10.5 Å². The number of hydrogen-bond acceptors (Lipinski definition) is 5. The summed E-state index contributed by atoms with van der Waals surface area (Å²) in [5.74, 6) is -2.99. The van der Waals surface area contributed by atoms with Crippen LogP contribution < -0.4 is 10.6 Å². The van der Waals surface area contributed by atoms with Crippen molar-refractivity contribution in [2.24, 2.45) is 0 Å². The number of nitrogens with one attached hydrogen (secondary N) is 2. The molecule has 9 heteroatoms. The molecule has 1 saturated heterocycles. The molecule has 6 amide bonds. The van der Waals surface area contributed by atoms with Crippen molar-refractivity contribution in [2.45, 2.75) is 13.5 Å². The Hall–Kier alpha value is -4.01. The van der Waals surface area contributed by atoms with Gasteiger partial charge in [-0.05, 0) is 30.7 Å². The van der Waals surface area contributed by atoms with Crippen LogP contribution in [0.5, 0.6) is 0 Å². The highest BCUT2D eigenvalue weighted by Gasteiger charge is 2.45. The number of anilines is 1. The Morgan fingerprint density at radius 3 is 2.30 bits per heavy atom. The number of hydrogen-bond donors (Lipinski definition) is 2. The van der Waals surface area contributed by atoms with Crippen LogP contribution in [0.1, 0.15) is 22.8 Å². The van der Waals surface area contributed by atoms with E-state index < -0.39 is 30.3 Å². The molecule has 2 aromatic rings. The van der Waals surface area contributed by atoms with Crippen LogP contribution in [-0.2, 0) is 20.9 Å². The van der Waals surface area contributed by atoms with E-state index in [1.165, 1.54) is 6.07 Å². The highest BCUT2D eigenvalue weighted by atomic mass is 16.2. The SMILES string of the molecule is CCNC(=O)c1cccc(NC(=O)CN2C(=O)C(=O)N(Cc3ccccc3)C2=O)c1. The summed E-state index contributed by atoms with van der Waals surface area (Å²) < 4.78 is 0. The summed E-state index contributed by atoms with van der Waals surface area (Å²) in [5, 5.41) is 5.18. The molecule has 0 unspecified atom stereocenters. The zero-order valence-corrected chi connectivity index (χ0v) is 16.3. The second-order valence-electron chi connectivity index (χ2n) is 6.54. The number of nitrogens with zero attached hydrogens (tertiary/aromatic N) is 2. The maximum atomic E-state index is 12.5. The van der Waals surface area contributed by atoms with E-state index in [0.29, 0.717) is 28.3 Å². The van der Waals surface area contributed by atoms with Crippen LogP contribution in [-0.4, -0.2) is 52.5 Å². The zero-order chi connectivity index (χ0) is 21.7. The lowest BCUT2D eigenvalue weighted by Gasteiger charge is -2.15. The van der Waals surface area contributed by atoms with Crippen LogP contribution in [0, 0.1) is 0 Å². The van der Waals surface area contributed by atoms with Gasteiger partial charge in [-0.1, -0.05) is 36.4 Å². The van der Waals surface area contributed by atoms with Crippen molar-refractivity contribution in [3.8, 4) is 0 Å². The largest absolute Gasteiger partial charge is 0.352 e. The minimum atomic E-state index is -1.05. The normalized spacial score (nSPS) is 13.6. The summed E-state index contributed by atoms with van der Waals surface area (Å²) in [5.41, 5.74) is 1.36. The average molecular weight is 408 g/mol. The van der Waals surface area contributed by atoms with E-state index in [1.807, 2.05) is 0 Å². The first kappa shape index (κ1) is 20.7. The molecule has 1 aliphatic heterocycles. The number of urea groups is 1. The fourth-order valence-corrected chi connectivity index (χ4v) is 2.94. The van der Waals surface area contributed by atoms with Gasteiger partial charge in [-0.3, -0.25) is 24.1 Å². The van der Waals surface area contributed by atoms with Crippen LogP contribution in [0.2, 0.25) is 0 Å². The third-order valence-electron chi connectivity index (χ3n) is 4.37. The number of amides is 6. The number of carbonyl (C=O) groups is 5. The summed E-state index contributed by atoms with van der Waals surface area (Å²) in [7, 11) is 0. The van der Waals surface area contributed by atoms with Gasteiger partial charge in [-0.15, -0.1) is 0 Å². The molecule has 0 bridgehead atoms. The van der Waals surface area contributed by atoms with E-state index >= 15 is 0 Å². The summed E-state index contributed by atoms with van der Waals surface area (Å²) in [4.78, 5) is 62.6. The predicted molar refractivity (Wildman–Crippen MR) is 107 cm³/mol. The van der Waals surface area contributed by atoms with Gasteiger partial charge in [0.15, 0.2) is 0 Å². The molecule has 30 heavy (non-hydrogen) atoms. The molecule has 1 aliphatic rings. The summed E-state index contributed by atoms with van der Waals surface area (Å²) in [6, 6.07) is 14.1. The highest BCUT2D eigenvalue weighted by Crippen LogP contribution is 2.17. The highest BCUT2D eigenvalue weighted by molar-refractivity contribution is 6.45. The summed E-state index contributed by atoms with van der Waals surface area (Å²) in [6.07, 6.45) is 0. The Bertz CT molecular complexity index is 1010. The zero-order valence-electron chi connectivity index (χ0n) is 16.3. The molecule has 1 heterocycles. The Labute approximate surface area is 172 Å². The lowest BCUT2D eigenvalue weighted by Crippen LogP contribution is -2.38. The van der Waals surface area contributed by atoms with Crippen LogP contribution in [0.3, 0.4) is 0 Å². The van der Waals surface area contributed by atoms with Crippen LogP contribution in [0.25, 0.3) is 0 Å². The summed E-state index contributed by atoms with van der Waals surface area (Å²) in [6.45, 7) is 1.58. The lowest BCUT2D eigenvalue weighted by atomic mass is 10.2. The Morgan fingerprint density at radius 1 is 0.900 bits per heavy atom. The number of rotatable bonds is 7. The third-order valence-corrected chi connectivity index (χ3v) is 4.37. The first-order valence-corrected chi connectivity index (χ1v) is 9.30. The van der Waals surface area contributed by atoms with Crippen molar-refractivity contribution in [2.75, 3.05) is 18.4 Å². The Morgan fingerprint density at radius 2 is 1.60 bits per heavy atom. The molecule has 154 valence electrons. The van der Waals surface area contributed by atoms with E-state index in [0.717, 1.165) is 4.90 Å². The molecular weight excluding hydrogens is 388 g/mol. The molecule has 2 N–H and O–H groups in total. The molecule has 0 saturated carbocycles. The van der Waals surface area contributed by atoms with E-state index in [1.54, 1.807) is 55.5 Å². The molecule has 9 nitrogen and oxygen atoms in total. The van der Waals surface area contributed by atoms with Gasteiger partial charge in [0.05, 0.1) is 6.54 Å². The fraction of sp³-hybridized carbons (Fsp3) is 0.190. The van der Waals surface area contributed by atoms with Gasteiger partial charge in [0, 0.05) is 17.8 Å². The Kier molecular flexibility index (Phi) is 6.21. The van der Waals surface area contributed by atoms with Crippen molar-refractivity contribution >= 4 is 35.3 Å². The van der Waals surface area contributed by atoms with Gasteiger partial charge in [0.1, 0.15) is 6.54 Å². The molecule has 3 rings (SSSR count). The molecule has 0 spiro atoms. The maximum Gasteiger partial charge on any atom is 0.335 e. The standard InChI is InChI=1S/C21H20N4O5/c1-2-22-18(27)15-9-6-10-16(11-15)23-17(26)13-25-20(29)19(28)24(21(25)30)12-14-7-4-3-5-8-14/h3-11H,2,12-13H2,1H3,(H,22,27)(H,23,26). The lowest BCUT2D eigenvalue weighted by molar-refractivity contribution is -0.143.